The number of phenolic OH excluding ortho intramolecular Hbond substituents is 2. The molecule has 1 aromatic carbocycles. The smallest absolute Gasteiger partial charge is 0.258 e. The fourth-order valence-electron chi connectivity index (χ4n) is 1.15. The highest BCUT2D eigenvalue weighted by molar-refractivity contribution is 5.97. The third kappa shape index (κ3) is 2.23. The number of hydrogen-bond donors (Lipinski definition) is 2. The molecule has 0 heterocycles. The van der Waals surface area contributed by atoms with Gasteiger partial charge in [-0.1, -0.05) is 0 Å². The summed E-state index contributed by atoms with van der Waals surface area (Å²) < 4.78 is 0. The molecular formula is C11H12N2O3. The molecule has 0 aliphatic heterocycles. The van der Waals surface area contributed by atoms with Crippen LogP contribution in [0.5, 0.6) is 11.5 Å². The maximum atomic E-state index is 11.8. The first-order valence-corrected chi connectivity index (χ1v) is 4.66. The second-order valence-corrected chi connectivity index (χ2v) is 3.42. The van der Waals surface area contributed by atoms with Gasteiger partial charge in [0.15, 0.2) is 0 Å². The van der Waals surface area contributed by atoms with E-state index in [-0.39, 0.29) is 17.1 Å². The SMILES string of the molecule is CC(C#N)N(C)C(=O)c1cc(O)ccc1O. The molecule has 84 valence electrons. The molecule has 5 nitrogen and oxygen atoms in total. The normalized spacial score (nSPS) is 11.6. The molecule has 1 unspecified atom stereocenters. The molecular weight excluding hydrogens is 208 g/mol. The number of amides is 1. The highest BCUT2D eigenvalue weighted by atomic mass is 16.3. The zero-order valence-corrected chi connectivity index (χ0v) is 9.01. The Morgan fingerprint density at radius 1 is 1.50 bits per heavy atom. The first-order valence-electron chi connectivity index (χ1n) is 4.66. The Morgan fingerprint density at radius 2 is 2.12 bits per heavy atom. The average molecular weight is 220 g/mol. The molecule has 1 aromatic rings. The van der Waals surface area contributed by atoms with Gasteiger partial charge in [-0.15, -0.1) is 0 Å². The van der Waals surface area contributed by atoms with E-state index in [1.807, 2.05) is 6.07 Å². The van der Waals surface area contributed by atoms with Crippen molar-refractivity contribution in [3.8, 4) is 17.6 Å². The lowest BCUT2D eigenvalue weighted by Crippen LogP contribution is -2.34. The fourth-order valence-corrected chi connectivity index (χ4v) is 1.15. The molecule has 1 rings (SSSR count). The van der Waals surface area contributed by atoms with Crippen LogP contribution in [0.4, 0.5) is 0 Å². The van der Waals surface area contributed by atoms with Gasteiger partial charge in [-0.25, -0.2) is 0 Å². The fraction of sp³-hybridized carbons (Fsp3) is 0.273. The van der Waals surface area contributed by atoms with Crippen molar-refractivity contribution < 1.29 is 15.0 Å². The Morgan fingerprint density at radius 3 is 2.69 bits per heavy atom. The topological polar surface area (TPSA) is 84.6 Å². The van der Waals surface area contributed by atoms with Gasteiger partial charge in [0.1, 0.15) is 17.5 Å². The molecule has 0 radical (unpaired) electrons. The number of hydrogen-bond acceptors (Lipinski definition) is 4. The predicted molar refractivity (Wildman–Crippen MR) is 56.9 cm³/mol. The van der Waals surface area contributed by atoms with Crippen molar-refractivity contribution in [2.75, 3.05) is 7.05 Å². The number of benzene rings is 1. The number of nitrogens with zero attached hydrogens (tertiary/aromatic N) is 2. The summed E-state index contributed by atoms with van der Waals surface area (Å²) in [6, 6.07) is 4.98. The average Bonchev–Trinajstić information content (AvgIpc) is 2.29. The van der Waals surface area contributed by atoms with Crippen LogP contribution in [0.25, 0.3) is 0 Å². The zero-order valence-electron chi connectivity index (χ0n) is 9.01. The molecule has 0 bridgehead atoms. The largest absolute Gasteiger partial charge is 0.508 e. The standard InChI is InChI=1S/C11H12N2O3/c1-7(6-12)13(2)11(16)9-5-8(14)3-4-10(9)15/h3-5,7,14-15H,1-2H3. The van der Waals surface area contributed by atoms with Crippen molar-refractivity contribution in [1.29, 1.82) is 5.26 Å². The van der Waals surface area contributed by atoms with Crippen molar-refractivity contribution >= 4 is 5.91 Å². The van der Waals surface area contributed by atoms with Gasteiger partial charge in [-0.3, -0.25) is 4.79 Å². The van der Waals surface area contributed by atoms with E-state index in [4.69, 9.17) is 5.26 Å². The summed E-state index contributed by atoms with van der Waals surface area (Å²) >= 11 is 0. The van der Waals surface area contributed by atoms with Crippen molar-refractivity contribution in [2.24, 2.45) is 0 Å². The minimum atomic E-state index is -0.603. The van der Waals surface area contributed by atoms with Crippen LogP contribution in [0.15, 0.2) is 18.2 Å². The van der Waals surface area contributed by atoms with Gasteiger partial charge in [0.25, 0.3) is 5.91 Å². The van der Waals surface area contributed by atoms with Crippen LogP contribution in [0.3, 0.4) is 0 Å². The summed E-state index contributed by atoms with van der Waals surface area (Å²) in [5.41, 5.74) is -0.0235. The van der Waals surface area contributed by atoms with Crippen molar-refractivity contribution in [1.82, 2.24) is 4.90 Å². The minimum Gasteiger partial charge on any atom is -0.508 e. The number of aromatic hydroxyl groups is 2. The number of nitriles is 1. The highest BCUT2D eigenvalue weighted by Crippen LogP contribution is 2.23. The predicted octanol–water partition coefficient (Wildman–Crippen LogP) is 1.08. The summed E-state index contributed by atoms with van der Waals surface area (Å²) in [6.07, 6.45) is 0. The quantitative estimate of drug-likeness (QED) is 0.730. The van der Waals surface area contributed by atoms with Gasteiger partial charge in [0.05, 0.1) is 11.6 Å². The summed E-state index contributed by atoms with van der Waals surface area (Å²) in [4.78, 5) is 13.0. The second-order valence-electron chi connectivity index (χ2n) is 3.42. The summed E-state index contributed by atoms with van der Waals surface area (Å²) in [7, 11) is 1.46. The number of carbonyl (C=O) groups is 1. The van der Waals surface area contributed by atoms with E-state index in [0.717, 1.165) is 6.07 Å². The molecule has 5 heteroatoms. The third-order valence-electron chi connectivity index (χ3n) is 2.30. The van der Waals surface area contributed by atoms with E-state index in [1.165, 1.54) is 24.1 Å². The first-order chi connectivity index (χ1) is 7.47. The maximum absolute atomic E-state index is 11.8. The Bertz CT molecular complexity index is 451. The number of carbonyl (C=O) groups excluding carboxylic acids is 1. The van der Waals surface area contributed by atoms with Crippen LogP contribution in [0, 0.1) is 11.3 Å². The molecule has 0 saturated heterocycles. The van der Waals surface area contributed by atoms with E-state index in [0.29, 0.717) is 0 Å². The van der Waals surface area contributed by atoms with Crippen LogP contribution in [-0.4, -0.2) is 34.1 Å². The van der Waals surface area contributed by atoms with Crippen LogP contribution >= 0.6 is 0 Å². The Balaban J connectivity index is 3.06. The molecule has 0 aromatic heterocycles. The van der Waals surface area contributed by atoms with E-state index < -0.39 is 11.9 Å². The lowest BCUT2D eigenvalue weighted by molar-refractivity contribution is 0.0769. The highest BCUT2D eigenvalue weighted by Gasteiger charge is 2.20. The van der Waals surface area contributed by atoms with E-state index in [2.05, 4.69) is 0 Å². The molecule has 0 spiro atoms. The third-order valence-corrected chi connectivity index (χ3v) is 2.30. The van der Waals surface area contributed by atoms with Crippen molar-refractivity contribution in [3.63, 3.8) is 0 Å². The molecule has 2 N–H and O–H groups in total. The van der Waals surface area contributed by atoms with Gasteiger partial charge >= 0.3 is 0 Å². The lowest BCUT2D eigenvalue weighted by Gasteiger charge is -2.19. The number of rotatable bonds is 2. The van der Waals surface area contributed by atoms with Gasteiger partial charge < -0.3 is 15.1 Å². The lowest BCUT2D eigenvalue weighted by atomic mass is 10.1. The Hall–Kier alpha value is -2.22. The van der Waals surface area contributed by atoms with Crippen LogP contribution in [0.2, 0.25) is 0 Å². The Kier molecular flexibility index (Phi) is 3.36. The molecule has 0 aliphatic carbocycles. The maximum Gasteiger partial charge on any atom is 0.258 e. The van der Waals surface area contributed by atoms with Crippen LogP contribution in [0.1, 0.15) is 17.3 Å². The van der Waals surface area contributed by atoms with Crippen LogP contribution < -0.4 is 0 Å². The molecule has 0 aliphatic rings. The minimum absolute atomic E-state index is 0.0235. The monoisotopic (exact) mass is 220 g/mol. The summed E-state index contributed by atoms with van der Waals surface area (Å²) in [5, 5.41) is 27.4. The molecule has 0 saturated carbocycles. The van der Waals surface area contributed by atoms with E-state index in [1.54, 1.807) is 6.92 Å². The van der Waals surface area contributed by atoms with Crippen molar-refractivity contribution in [3.05, 3.63) is 23.8 Å². The summed E-state index contributed by atoms with van der Waals surface area (Å²) in [5.74, 6) is -0.846. The molecule has 0 fully saturated rings. The number of phenols is 2. The zero-order chi connectivity index (χ0) is 12.3. The van der Waals surface area contributed by atoms with Gasteiger partial charge in [-0.05, 0) is 25.1 Å². The first kappa shape index (κ1) is 11.9. The second kappa shape index (κ2) is 4.53. The van der Waals surface area contributed by atoms with Gasteiger partial charge in [-0.2, -0.15) is 5.26 Å². The van der Waals surface area contributed by atoms with Crippen LogP contribution in [-0.2, 0) is 0 Å². The van der Waals surface area contributed by atoms with E-state index in [9.17, 15) is 15.0 Å². The van der Waals surface area contributed by atoms with Gasteiger partial charge in [0.2, 0.25) is 0 Å². The molecule has 1 amide bonds. The van der Waals surface area contributed by atoms with E-state index >= 15 is 0 Å². The van der Waals surface area contributed by atoms with Crippen molar-refractivity contribution in [2.45, 2.75) is 13.0 Å². The molecule has 1 atom stereocenters. The summed E-state index contributed by atoms with van der Waals surface area (Å²) in [6.45, 7) is 1.57. The Labute approximate surface area is 93.2 Å². The molecule has 16 heavy (non-hydrogen) atoms. The van der Waals surface area contributed by atoms with Gasteiger partial charge in [0, 0.05) is 7.05 Å².